The number of esters is 1. The average Bonchev–Trinajstić information content (AvgIpc) is 3.61. The number of carbonyl (C=O) groups excluding carboxylic acids is 1. The fourth-order valence-electron chi connectivity index (χ4n) is 4.21. The van der Waals surface area contributed by atoms with Gasteiger partial charge in [0.15, 0.2) is 0 Å². The summed E-state index contributed by atoms with van der Waals surface area (Å²) in [4.78, 5) is 12.0. The van der Waals surface area contributed by atoms with Gasteiger partial charge in [0, 0.05) is 17.2 Å². The lowest BCUT2D eigenvalue weighted by molar-refractivity contribution is -0.143. The topological polar surface area (TPSA) is 61.5 Å². The Morgan fingerprint density at radius 3 is 2.61 bits per heavy atom. The third-order valence-corrected chi connectivity index (χ3v) is 6.46. The molecule has 0 aliphatic heterocycles. The summed E-state index contributed by atoms with van der Waals surface area (Å²) in [7, 11) is 0. The van der Waals surface area contributed by atoms with Crippen LogP contribution in [0.15, 0.2) is 30.9 Å². The van der Waals surface area contributed by atoms with Crippen LogP contribution >= 0.6 is 0 Å². The molecule has 0 saturated heterocycles. The molecule has 1 saturated carbocycles. The third kappa shape index (κ3) is 5.83. The van der Waals surface area contributed by atoms with Gasteiger partial charge < -0.3 is 15.2 Å². The Morgan fingerprint density at radius 2 is 1.97 bits per heavy atom. The highest BCUT2D eigenvalue weighted by Gasteiger charge is 2.31. The van der Waals surface area contributed by atoms with Crippen molar-refractivity contribution in [2.24, 2.45) is 5.73 Å². The number of allylic oxidation sites excluding steroid dienone is 1. The van der Waals surface area contributed by atoms with Gasteiger partial charge in [-0.3, -0.25) is 4.79 Å². The van der Waals surface area contributed by atoms with E-state index in [9.17, 15) is 4.79 Å². The van der Waals surface area contributed by atoms with Gasteiger partial charge in [-0.15, -0.1) is 6.58 Å². The molecule has 5 heteroatoms. The van der Waals surface area contributed by atoms with Crippen molar-refractivity contribution in [3.63, 3.8) is 0 Å². The smallest absolute Gasteiger partial charge is 0.307 e. The molecule has 2 aromatic rings. The van der Waals surface area contributed by atoms with Crippen LogP contribution in [-0.4, -0.2) is 19.2 Å². The highest BCUT2D eigenvalue weighted by molar-refractivity contribution is 5.78. The molecule has 2 aromatic carbocycles. The number of ether oxygens (including phenoxy) is 2. The van der Waals surface area contributed by atoms with Gasteiger partial charge in [0.2, 0.25) is 0 Å². The molecule has 3 rings (SSSR count). The summed E-state index contributed by atoms with van der Waals surface area (Å²) in [5.41, 5.74) is 12.6. The molecule has 1 fully saturated rings. The van der Waals surface area contributed by atoms with E-state index < -0.39 is 12.0 Å². The van der Waals surface area contributed by atoms with Crippen LogP contribution < -0.4 is 10.5 Å². The zero-order valence-corrected chi connectivity index (χ0v) is 20.3. The van der Waals surface area contributed by atoms with Gasteiger partial charge in [0.25, 0.3) is 0 Å². The van der Waals surface area contributed by atoms with Crippen LogP contribution in [0.3, 0.4) is 0 Å². The first-order valence-electron chi connectivity index (χ1n) is 11.9. The Hall–Kier alpha value is -2.66. The molecule has 33 heavy (non-hydrogen) atoms. The summed E-state index contributed by atoms with van der Waals surface area (Å²) in [6, 6.07) is 5.02. The molecule has 178 valence electrons. The molecule has 0 radical (unpaired) electrons. The molecule has 0 unspecified atom stereocenters. The number of rotatable bonds is 11. The Morgan fingerprint density at radius 1 is 1.24 bits per heavy atom. The normalized spacial score (nSPS) is 14.1. The first-order valence-corrected chi connectivity index (χ1v) is 11.9. The van der Waals surface area contributed by atoms with Crippen molar-refractivity contribution in [1.82, 2.24) is 0 Å². The van der Waals surface area contributed by atoms with E-state index in [1.165, 1.54) is 5.56 Å². The number of nitrogens with two attached hydrogens (primary N) is 1. The maximum atomic E-state index is 15.5. The van der Waals surface area contributed by atoms with E-state index in [0.29, 0.717) is 17.7 Å². The molecule has 0 aromatic heterocycles. The number of carbonyl (C=O) groups is 1. The molecule has 0 amide bonds. The van der Waals surface area contributed by atoms with Crippen LogP contribution in [-0.2, 0) is 9.53 Å². The molecule has 0 spiro atoms. The fourth-order valence-corrected chi connectivity index (χ4v) is 4.21. The van der Waals surface area contributed by atoms with Gasteiger partial charge in [-0.05, 0) is 105 Å². The van der Waals surface area contributed by atoms with E-state index in [1.807, 2.05) is 12.1 Å². The first kappa shape index (κ1) is 25.0. The van der Waals surface area contributed by atoms with Crippen LogP contribution in [0.1, 0.15) is 78.8 Å². The first-order chi connectivity index (χ1) is 15.8. The summed E-state index contributed by atoms with van der Waals surface area (Å²) in [5.74, 6) is 0.268. The number of hydrogen-bond acceptors (Lipinski definition) is 4. The molecule has 2 N–H and O–H groups in total. The lowest BCUT2D eigenvalue weighted by Crippen LogP contribution is -2.19. The Bertz CT molecular complexity index is 1030. The van der Waals surface area contributed by atoms with Crippen molar-refractivity contribution in [3.8, 4) is 16.9 Å². The molecule has 1 atom stereocenters. The number of unbranched alkanes of at least 4 members (excludes halogenated alkanes) is 1. The highest BCUT2D eigenvalue weighted by atomic mass is 19.1. The number of halogens is 1. The van der Waals surface area contributed by atoms with E-state index in [2.05, 4.69) is 33.4 Å². The minimum Gasteiger partial charge on any atom is -0.493 e. The largest absolute Gasteiger partial charge is 0.493 e. The molecule has 0 heterocycles. The molecular weight excluding hydrogens is 417 g/mol. The predicted octanol–water partition coefficient (Wildman–Crippen LogP) is 6.59. The average molecular weight is 454 g/mol. The van der Waals surface area contributed by atoms with Crippen molar-refractivity contribution >= 4 is 5.97 Å². The standard InChI is InChI=1S/C28H36FNO3/c1-6-8-9-12-33-25-13-17(3)18(4)19(5)27(25)21-14-22(20-10-11-20)28(29)23(15-21)24(30)16-26(31)32-7-2/h6,13-15,20,24H,1,7-12,16,30H2,2-5H3/t24-/m0/s1. The van der Waals surface area contributed by atoms with Crippen LogP contribution in [0.2, 0.25) is 0 Å². The van der Waals surface area contributed by atoms with E-state index in [4.69, 9.17) is 15.2 Å². The van der Waals surface area contributed by atoms with Gasteiger partial charge in [0.05, 0.1) is 19.6 Å². The zero-order valence-electron chi connectivity index (χ0n) is 20.3. The SMILES string of the molecule is C=CCCCOc1cc(C)c(C)c(C)c1-c1cc(C2CC2)c(F)c([C@@H](N)CC(=O)OCC)c1. The van der Waals surface area contributed by atoms with E-state index in [1.54, 1.807) is 13.0 Å². The van der Waals surface area contributed by atoms with Crippen LogP contribution in [0.4, 0.5) is 4.39 Å². The lowest BCUT2D eigenvalue weighted by Gasteiger charge is -2.21. The van der Waals surface area contributed by atoms with Crippen molar-refractivity contribution < 1.29 is 18.7 Å². The molecular formula is C28H36FNO3. The van der Waals surface area contributed by atoms with Crippen molar-refractivity contribution in [2.45, 2.75) is 71.8 Å². The van der Waals surface area contributed by atoms with Crippen LogP contribution in [0, 0.1) is 26.6 Å². The second-order valence-corrected chi connectivity index (χ2v) is 8.95. The summed E-state index contributed by atoms with van der Waals surface area (Å²) >= 11 is 0. The summed E-state index contributed by atoms with van der Waals surface area (Å²) in [6.07, 6.45) is 5.51. The lowest BCUT2D eigenvalue weighted by atomic mass is 9.88. The summed E-state index contributed by atoms with van der Waals surface area (Å²) < 4.78 is 26.8. The molecule has 1 aliphatic carbocycles. The van der Waals surface area contributed by atoms with Crippen LogP contribution in [0.25, 0.3) is 11.1 Å². The van der Waals surface area contributed by atoms with Gasteiger partial charge in [-0.2, -0.15) is 0 Å². The maximum absolute atomic E-state index is 15.5. The number of aryl methyl sites for hydroxylation is 1. The molecule has 0 bridgehead atoms. The Kier molecular flexibility index (Phi) is 8.30. The Labute approximate surface area is 197 Å². The van der Waals surface area contributed by atoms with Gasteiger partial charge in [-0.1, -0.05) is 6.08 Å². The van der Waals surface area contributed by atoms with Gasteiger partial charge in [0.1, 0.15) is 11.6 Å². The predicted molar refractivity (Wildman–Crippen MR) is 131 cm³/mol. The minimum atomic E-state index is -0.773. The zero-order chi connectivity index (χ0) is 24.1. The monoisotopic (exact) mass is 453 g/mol. The van der Waals surface area contributed by atoms with Crippen molar-refractivity contribution in [2.75, 3.05) is 13.2 Å². The Balaban J connectivity index is 2.09. The van der Waals surface area contributed by atoms with E-state index in [-0.39, 0.29) is 24.8 Å². The maximum Gasteiger partial charge on any atom is 0.307 e. The van der Waals surface area contributed by atoms with Crippen molar-refractivity contribution in [1.29, 1.82) is 0 Å². The quantitative estimate of drug-likeness (QED) is 0.237. The fraction of sp³-hybridized carbons (Fsp3) is 0.464. The third-order valence-electron chi connectivity index (χ3n) is 6.46. The number of hydrogen-bond donors (Lipinski definition) is 1. The summed E-state index contributed by atoms with van der Waals surface area (Å²) in [6.45, 7) is 12.6. The second-order valence-electron chi connectivity index (χ2n) is 8.95. The minimum absolute atomic E-state index is 0.0604. The molecule has 4 nitrogen and oxygen atoms in total. The van der Waals surface area contributed by atoms with Gasteiger partial charge >= 0.3 is 5.97 Å². The van der Waals surface area contributed by atoms with Crippen LogP contribution in [0.5, 0.6) is 5.75 Å². The highest BCUT2D eigenvalue weighted by Crippen LogP contribution is 2.46. The van der Waals surface area contributed by atoms with E-state index in [0.717, 1.165) is 53.7 Å². The van der Waals surface area contributed by atoms with Crippen molar-refractivity contribution in [3.05, 3.63) is 64.5 Å². The number of benzene rings is 2. The second kappa shape index (κ2) is 11.0. The molecule has 1 aliphatic rings. The summed E-state index contributed by atoms with van der Waals surface area (Å²) in [5, 5.41) is 0. The van der Waals surface area contributed by atoms with E-state index >= 15 is 4.39 Å². The van der Waals surface area contributed by atoms with Gasteiger partial charge in [-0.25, -0.2) is 4.39 Å².